The lowest BCUT2D eigenvalue weighted by molar-refractivity contribution is -0.387. The molecular formula is C7H3ClFNO3. The van der Waals surface area contributed by atoms with Gasteiger partial charge in [0.15, 0.2) is 6.29 Å². The van der Waals surface area contributed by atoms with E-state index in [0.717, 1.165) is 12.1 Å². The Bertz CT molecular complexity index is 380. The van der Waals surface area contributed by atoms with Crippen LogP contribution in [-0.2, 0) is 0 Å². The summed E-state index contributed by atoms with van der Waals surface area (Å²) in [5.41, 5.74) is -0.971. The molecule has 1 rings (SSSR count). The first-order chi connectivity index (χ1) is 6.07. The number of nitro benzene ring substituents is 1. The Kier molecular flexibility index (Phi) is 2.57. The van der Waals surface area contributed by atoms with Gasteiger partial charge >= 0.3 is 5.69 Å². The molecule has 0 aliphatic rings. The van der Waals surface area contributed by atoms with Crippen molar-refractivity contribution in [1.29, 1.82) is 0 Å². The average Bonchev–Trinajstić information content (AvgIpc) is 2.04. The molecule has 0 heterocycles. The van der Waals surface area contributed by atoms with Crippen LogP contribution in [-0.4, -0.2) is 11.2 Å². The first kappa shape index (κ1) is 9.60. The second-order valence-corrected chi connectivity index (χ2v) is 2.55. The van der Waals surface area contributed by atoms with Crippen molar-refractivity contribution in [2.75, 3.05) is 0 Å². The fourth-order valence-corrected chi connectivity index (χ4v) is 1.08. The number of carbonyl (C=O) groups is 1. The summed E-state index contributed by atoms with van der Waals surface area (Å²) in [7, 11) is 0. The van der Waals surface area contributed by atoms with Gasteiger partial charge in [0.2, 0.25) is 5.82 Å². The number of hydrogen-bond donors (Lipinski definition) is 0. The highest BCUT2D eigenvalue weighted by molar-refractivity contribution is 6.35. The zero-order valence-corrected chi connectivity index (χ0v) is 6.92. The van der Waals surface area contributed by atoms with Gasteiger partial charge in [-0.2, -0.15) is 4.39 Å². The lowest BCUT2D eigenvalue weighted by Gasteiger charge is -1.98. The smallest absolute Gasteiger partial charge is 0.298 e. The van der Waals surface area contributed by atoms with Crippen LogP contribution in [0.5, 0.6) is 0 Å². The molecule has 0 spiro atoms. The molecule has 13 heavy (non-hydrogen) atoms. The van der Waals surface area contributed by atoms with Crippen molar-refractivity contribution in [3.8, 4) is 0 Å². The minimum Gasteiger partial charge on any atom is -0.298 e. The summed E-state index contributed by atoms with van der Waals surface area (Å²) in [4.78, 5) is 19.6. The van der Waals surface area contributed by atoms with Crippen molar-refractivity contribution in [3.05, 3.63) is 38.7 Å². The Morgan fingerprint density at radius 1 is 1.54 bits per heavy atom. The van der Waals surface area contributed by atoms with Crippen LogP contribution < -0.4 is 0 Å². The molecule has 1 aromatic carbocycles. The Morgan fingerprint density at radius 2 is 2.15 bits per heavy atom. The maximum Gasteiger partial charge on any atom is 0.323 e. The van der Waals surface area contributed by atoms with Gasteiger partial charge in [-0.05, 0) is 12.1 Å². The summed E-state index contributed by atoms with van der Waals surface area (Å²) in [6, 6.07) is 1.91. The Labute approximate surface area is 77.1 Å². The molecule has 68 valence electrons. The number of benzene rings is 1. The van der Waals surface area contributed by atoms with E-state index in [0.29, 0.717) is 6.29 Å². The maximum absolute atomic E-state index is 12.8. The monoisotopic (exact) mass is 203 g/mol. The predicted octanol–water partition coefficient (Wildman–Crippen LogP) is 2.20. The average molecular weight is 204 g/mol. The van der Waals surface area contributed by atoms with Gasteiger partial charge in [-0.1, -0.05) is 11.6 Å². The van der Waals surface area contributed by atoms with E-state index in [1.807, 2.05) is 0 Å². The summed E-state index contributed by atoms with van der Waals surface area (Å²) in [6.07, 6.45) is 0.328. The fraction of sp³-hybridized carbons (Fsp3) is 0. The van der Waals surface area contributed by atoms with Crippen molar-refractivity contribution in [2.45, 2.75) is 0 Å². The van der Waals surface area contributed by atoms with Crippen molar-refractivity contribution >= 4 is 23.6 Å². The molecule has 0 unspecified atom stereocenters. The minimum absolute atomic E-state index is 0.102. The zero-order chi connectivity index (χ0) is 10.0. The molecule has 0 N–H and O–H groups in total. The van der Waals surface area contributed by atoms with Crippen LogP contribution in [0.15, 0.2) is 12.1 Å². The third-order valence-electron chi connectivity index (χ3n) is 1.41. The highest BCUT2D eigenvalue weighted by Gasteiger charge is 2.21. The van der Waals surface area contributed by atoms with Crippen molar-refractivity contribution in [1.82, 2.24) is 0 Å². The first-order valence-corrected chi connectivity index (χ1v) is 3.53. The third kappa shape index (κ3) is 1.65. The molecule has 1 aromatic rings. The molecule has 0 bridgehead atoms. The van der Waals surface area contributed by atoms with Gasteiger partial charge in [-0.15, -0.1) is 0 Å². The van der Waals surface area contributed by atoms with E-state index in [1.54, 1.807) is 0 Å². The van der Waals surface area contributed by atoms with Crippen LogP contribution in [0.2, 0.25) is 5.02 Å². The Hall–Kier alpha value is -1.49. The van der Waals surface area contributed by atoms with Crippen molar-refractivity contribution < 1.29 is 14.1 Å². The van der Waals surface area contributed by atoms with E-state index in [2.05, 4.69) is 0 Å². The predicted molar refractivity (Wildman–Crippen MR) is 43.5 cm³/mol. The van der Waals surface area contributed by atoms with E-state index in [1.165, 1.54) is 0 Å². The molecule has 4 nitrogen and oxygen atoms in total. The van der Waals surface area contributed by atoms with Gasteiger partial charge in [-0.3, -0.25) is 14.9 Å². The summed E-state index contributed by atoms with van der Waals surface area (Å²) >= 11 is 5.40. The molecule has 0 fully saturated rings. The zero-order valence-electron chi connectivity index (χ0n) is 6.16. The molecule has 0 amide bonds. The number of carbonyl (C=O) groups excluding carboxylic acids is 1. The van der Waals surface area contributed by atoms with Gasteiger partial charge in [0.25, 0.3) is 0 Å². The fourth-order valence-electron chi connectivity index (χ4n) is 0.815. The standard InChI is InChI=1S/C7H3ClFNO3/c8-6-4(3-11)1-2-5(9)7(6)10(12)13/h1-3H. The molecule has 0 aromatic heterocycles. The van der Waals surface area contributed by atoms with Gasteiger partial charge in [0.05, 0.1) is 4.92 Å². The molecule has 0 radical (unpaired) electrons. The van der Waals surface area contributed by atoms with Crippen LogP contribution in [0.4, 0.5) is 10.1 Å². The van der Waals surface area contributed by atoms with E-state index in [4.69, 9.17) is 11.6 Å². The summed E-state index contributed by atoms with van der Waals surface area (Å²) < 4.78 is 12.8. The number of nitro groups is 1. The molecule has 0 saturated carbocycles. The third-order valence-corrected chi connectivity index (χ3v) is 1.80. The topological polar surface area (TPSA) is 60.2 Å². The quantitative estimate of drug-likeness (QED) is 0.421. The van der Waals surface area contributed by atoms with Gasteiger partial charge in [0.1, 0.15) is 5.02 Å². The summed E-state index contributed by atoms with van der Waals surface area (Å²) in [5.74, 6) is -1.06. The van der Waals surface area contributed by atoms with Crippen molar-refractivity contribution in [2.24, 2.45) is 0 Å². The first-order valence-electron chi connectivity index (χ1n) is 3.15. The van der Waals surface area contributed by atoms with Crippen LogP contribution >= 0.6 is 11.6 Å². The summed E-state index contributed by atoms with van der Waals surface area (Å²) in [6.45, 7) is 0. The maximum atomic E-state index is 12.8. The van der Waals surface area contributed by atoms with Crippen molar-refractivity contribution in [3.63, 3.8) is 0 Å². The molecular weight excluding hydrogens is 201 g/mol. The largest absolute Gasteiger partial charge is 0.323 e. The van der Waals surface area contributed by atoms with E-state index >= 15 is 0 Å². The number of rotatable bonds is 2. The molecule has 0 aliphatic heterocycles. The number of aldehydes is 1. The lowest BCUT2D eigenvalue weighted by Crippen LogP contribution is -1.96. The molecule has 0 aliphatic carbocycles. The van der Waals surface area contributed by atoms with E-state index < -0.39 is 21.5 Å². The van der Waals surface area contributed by atoms with E-state index in [-0.39, 0.29) is 5.56 Å². The number of nitrogens with zero attached hydrogens (tertiary/aromatic N) is 1. The second kappa shape index (κ2) is 3.49. The number of halogens is 2. The Balaban J connectivity index is 3.47. The van der Waals surface area contributed by atoms with Gasteiger partial charge in [0, 0.05) is 5.56 Å². The normalized spacial score (nSPS) is 9.69. The molecule has 0 atom stereocenters. The number of hydrogen-bond acceptors (Lipinski definition) is 3. The summed E-state index contributed by atoms with van der Waals surface area (Å²) in [5, 5.41) is 9.80. The Morgan fingerprint density at radius 3 is 2.62 bits per heavy atom. The van der Waals surface area contributed by atoms with Crippen LogP contribution in [0, 0.1) is 15.9 Å². The van der Waals surface area contributed by atoms with Crippen LogP contribution in [0.25, 0.3) is 0 Å². The molecule has 6 heteroatoms. The van der Waals surface area contributed by atoms with E-state index in [9.17, 15) is 19.3 Å². The van der Waals surface area contributed by atoms with Crippen LogP contribution in [0.1, 0.15) is 10.4 Å². The second-order valence-electron chi connectivity index (χ2n) is 2.17. The molecule has 0 saturated heterocycles. The minimum atomic E-state index is -1.06. The lowest BCUT2D eigenvalue weighted by atomic mass is 10.2. The highest BCUT2D eigenvalue weighted by Crippen LogP contribution is 2.29. The highest BCUT2D eigenvalue weighted by atomic mass is 35.5. The SMILES string of the molecule is O=Cc1ccc(F)c([N+](=O)[O-])c1Cl. The van der Waals surface area contributed by atoms with Gasteiger partial charge < -0.3 is 0 Å². The van der Waals surface area contributed by atoms with Gasteiger partial charge in [-0.25, -0.2) is 0 Å². The van der Waals surface area contributed by atoms with Crippen LogP contribution in [0.3, 0.4) is 0 Å².